The Bertz CT molecular complexity index is 763. The number of hydrogen-bond acceptors (Lipinski definition) is 3. The SMILES string of the molecule is O=c1ccc2cnc3[nH]c(=O)[nH]c([nH]1)c23. The van der Waals surface area contributed by atoms with Gasteiger partial charge in [0, 0.05) is 17.6 Å². The molecule has 0 aliphatic heterocycles. The maximum atomic E-state index is 11.3. The zero-order chi connectivity index (χ0) is 10.4. The van der Waals surface area contributed by atoms with E-state index in [1.807, 2.05) is 0 Å². The monoisotopic (exact) mass is 202 g/mol. The van der Waals surface area contributed by atoms with Crippen LogP contribution in [-0.4, -0.2) is 19.9 Å². The standard InChI is InChI=1S/C9H6N4O2/c14-5-2-1-4-3-10-7-6(4)8(11-5)13-9(15)12-7/h1-3H,(H3,10,11,12,13,14,15). The van der Waals surface area contributed by atoms with Crippen LogP contribution in [0, 0.1) is 0 Å². The van der Waals surface area contributed by atoms with Crippen LogP contribution in [0.5, 0.6) is 0 Å². The Balaban J connectivity index is 2.79. The molecule has 0 bridgehead atoms. The maximum absolute atomic E-state index is 11.3. The number of rotatable bonds is 0. The maximum Gasteiger partial charge on any atom is 0.326 e. The number of hydrogen-bond donors (Lipinski definition) is 3. The lowest BCUT2D eigenvalue weighted by Crippen LogP contribution is -2.11. The average Bonchev–Trinajstić information content (AvgIpc) is 2.50. The number of aromatic nitrogens is 4. The predicted octanol–water partition coefficient (Wildman–Crippen LogP) is 0.0927. The first-order chi connectivity index (χ1) is 7.24. The van der Waals surface area contributed by atoms with E-state index in [-0.39, 0.29) is 5.56 Å². The van der Waals surface area contributed by atoms with E-state index in [2.05, 4.69) is 19.9 Å². The zero-order valence-electron chi connectivity index (χ0n) is 7.50. The summed E-state index contributed by atoms with van der Waals surface area (Å²) in [6.07, 6.45) is 1.61. The second-order valence-electron chi connectivity index (χ2n) is 3.21. The Morgan fingerprint density at radius 2 is 1.93 bits per heavy atom. The van der Waals surface area contributed by atoms with Gasteiger partial charge in [-0.05, 0) is 6.07 Å². The summed E-state index contributed by atoms with van der Waals surface area (Å²) in [4.78, 5) is 34.1. The highest BCUT2D eigenvalue weighted by Gasteiger charge is 2.05. The second-order valence-corrected chi connectivity index (χ2v) is 3.21. The topological polar surface area (TPSA) is 94.4 Å². The fourth-order valence-corrected chi connectivity index (χ4v) is 1.62. The fraction of sp³-hybridized carbons (Fsp3) is 0. The number of aromatic amines is 3. The van der Waals surface area contributed by atoms with Gasteiger partial charge in [0.1, 0.15) is 11.3 Å². The Kier molecular flexibility index (Phi) is 1.37. The molecule has 0 radical (unpaired) electrons. The molecule has 3 aromatic heterocycles. The fourth-order valence-electron chi connectivity index (χ4n) is 1.62. The third-order valence-electron chi connectivity index (χ3n) is 2.24. The third kappa shape index (κ3) is 1.08. The molecule has 3 N–H and O–H groups in total. The smallest absolute Gasteiger partial charge is 0.308 e. The van der Waals surface area contributed by atoms with Crippen LogP contribution < -0.4 is 11.2 Å². The summed E-state index contributed by atoms with van der Waals surface area (Å²) in [7, 11) is 0. The van der Waals surface area contributed by atoms with Crippen LogP contribution >= 0.6 is 0 Å². The number of H-pyrrole nitrogens is 3. The highest BCUT2D eigenvalue weighted by Crippen LogP contribution is 2.17. The molecule has 3 aromatic rings. The molecular formula is C9H6N4O2. The van der Waals surface area contributed by atoms with Crippen molar-refractivity contribution in [3.05, 3.63) is 39.2 Å². The minimum Gasteiger partial charge on any atom is -0.308 e. The Hall–Kier alpha value is -2.37. The molecule has 0 atom stereocenters. The molecule has 0 saturated heterocycles. The van der Waals surface area contributed by atoms with E-state index in [0.29, 0.717) is 11.3 Å². The molecular weight excluding hydrogens is 196 g/mol. The highest BCUT2D eigenvalue weighted by molar-refractivity contribution is 6.03. The van der Waals surface area contributed by atoms with Crippen LogP contribution in [0.25, 0.3) is 22.1 Å². The summed E-state index contributed by atoms with van der Waals surface area (Å²) in [5, 5.41) is 1.52. The molecule has 0 aromatic carbocycles. The molecule has 0 aliphatic rings. The van der Waals surface area contributed by atoms with Gasteiger partial charge in [0.15, 0.2) is 0 Å². The average molecular weight is 202 g/mol. The van der Waals surface area contributed by atoms with E-state index in [4.69, 9.17) is 0 Å². The van der Waals surface area contributed by atoms with Gasteiger partial charge in [0.05, 0.1) is 5.39 Å². The molecule has 6 nitrogen and oxygen atoms in total. The summed E-state index contributed by atoms with van der Waals surface area (Å²) in [6, 6.07) is 3.06. The van der Waals surface area contributed by atoms with Crippen LogP contribution in [0.1, 0.15) is 0 Å². The Labute approximate surface area is 82.0 Å². The summed E-state index contributed by atoms with van der Waals surface area (Å²) >= 11 is 0. The summed E-state index contributed by atoms with van der Waals surface area (Å²) in [5.41, 5.74) is 0.186. The molecule has 3 heterocycles. The van der Waals surface area contributed by atoms with Crippen molar-refractivity contribution in [2.75, 3.05) is 0 Å². The van der Waals surface area contributed by atoms with Crippen LogP contribution in [0.4, 0.5) is 0 Å². The van der Waals surface area contributed by atoms with Crippen LogP contribution in [0.2, 0.25) is 0 Å². The van der Waals surface area contributed by atoms with Crippen molar-refractivity contribution in [2.45, 2.75) is 0 Å². The van der Waals surface area contributed by atoms with Crippen molar-refractivity contribution >= 4 is 22.1 Å². The third-order valence-corrected chi connectivity index (χ3v) is 2.24. The van der Waals surface area contributed by atoms with Crippen molar-refractivity contribution in [3.8, 4) is 0 Å². The van der Waals surface area contributed by atoms with Gasteiger partial charge in [-0.1, -0.05) is 0 Å². The summed E-state index contributed by atoms with van der Waals surface area (Å²) in [5.74, 6) is 0. The predicted molar refractivity (Wildman–Crippen MR) is 54.8 cm³/mol. The molecule has 15 heavy (non-hydrogen) atoms. The first-order valence-corrected chi connectivity index (χ1v) is 4.34. The molecule has 6 heteroatoms. The second kappa shape index (κ2) is 2.57. The van der Waals surface area contributed by atoms with E-state index in [1.165, 1.54) is 6.07 Å². The van der Waals surface area contributed by atoms with E-state index >= 15 is 0 Å². The molecule has 0 aliphatic carbocycles. The van der Waals surface area contributed by atoms with Gasteiger partial charge in [-0.15, -0.1) is 0 Å². The quantitative estimate of drug-likeness (QED) is 0.482. The molecule has 0 spiro atoms. The van der Waals surface area contributed by atoms with Crippen molar-refractivity contribution in [1.82, 2.24) is 19.9 Å². The normalized spacial score (nSPS) is 11.2. The Morgan fingerprint density at radius 1 is 1.07 bits per heavy atom. The minimum absolute atomic E-state index is 0.269. The molecule has 3 rings (SSSR count). The number of nitrogens with one attached hydrogen (secondary N) is 3. The molecule has 0 unspecified atom stereocenters. The summed E-state index contributed by atoms with van der Waals surface area (Å²) < 4.78 is 0. The van der Waals surface area contributed by atoms with Gasteiger partial charge in [-0.2, -0.15) is 0 Å². The largest absolute Gasteiger partial charge is 0.326 e. The van der Waals surface area contributed by atoms with E-state index in [0.717, 1.165) is 10.8 Å². The van der Waals surface area contributed by atoms with Crippen molar-refractivity contribution in [2.24, 2.45) is 0 Å². The van der Waals surface area contributed by atoms with Crippen LogP contribution in [0.3, 0.4) is 0 Å². The molecule has 0 saturated carbocycles. The lowest BCUT2D eigenvalue weighted by atomic mass is 10.3. The molecule has 0 amide bonds. The molecule has 0 fully saturated rings. The van der Waals surface area contributed by atoms with Crippen LogP contribution in [-0.2, 0) is 0 Å². The van der Waals surface area contributed by atoms with Gasteiger partial charge in [-0.3, -0.25) is 14.8 Å². The van der Waals surface area contributed by atoms with E-state index in [9.17, 15) is 9.59 Å². The highest BCUT2D eigenvalue weighted by atomic mass is 16.1. The lowest BCUT2D eigenvalue weighted by molar-refractivity contribution is 1.10. The van der Waals surface area contributed by atoms with Crippen molar-refractivity contribution < 1.29 is 0 Å². The Morgan fingerprint density at radius 3 is 2.80 bits per heavy atom. The van der Waals surface area contributed by atoms with Crippen molar-refractivity contribution in [3.63, 3.8) is 0 Å². The zero-order valence-corrected chi connectivity index (χ0v) is 7.50. The van der Waals surface area contributed by atoms with Crippen molar-refractivity contribution in [1.29, 1.82) is 0 Å². The first kappa shape index (κ1) is 7.98. The van der Waals surface area contributed by atoms with E-state index < -0.39 is 5.69 Å². The van der Waals surface area contributed by atoms with Gasteiger partial charge in [0.2, 0.25) is 5.56 Å². The van der Waals surface area contributed by atoms with Crippen LogP contribution in [0.15, 0.2) is 27.9 Å². The van der Waals surface area contributed by atoms with E-state index in [1.54, 1.807) is 12.3 Å². The number of nitrogens with zero attached hydrogens (tertiary/aromatic N) is 1. The van der Waals surface area contributed by atoms with Gasteiger partial charge >= 0.3 is 5.69 Å². The van der Waals surface area contributed by atoms with Gasteiger partial charge in [-0.25, -0.2) is 9.78 Å². The van der Waals surface area contributed by atoms with Gasteiger partial charge in [0.25, 0.3) is 0 Å². The first-order valence-electron chi connectivity index (χ1n) is 4.34. The lowest BCUT2D eigenvalue weighted by Gasteiger charge is -1.91. The summed E-state index contributed by atoms with van der Waals surface area (Å²) in [6.45, 7) is 0. The molecule has 74 valence electrons. The minimum atomic E-state index is -0.399. The van der Waals surface area contributed by atoms with Gasteiger partial charge < -0.3 is 4.98 Å².